The molecule has 1 amide bonds. The van der Waals surface area contributed by atoms with Gasteiger partial charge in [-0.15, -0.1) is 0 Å². The van der Waals surface area contributed by atoms with Crippen molar-refractivity contribution in [1.82, 2.24) is 4.31 Å². The molecule has 0 aliphatic heterocycles. The average Bonchev–Trinajstić information content (AvgIpc) is 2.78. The van der Waals surface area contributed by atoms with E-state index < -0.39 is 28.5 Å². The Labute approximate surface area is 194 Å². The standard InChI is InChI=1S/C23H30N2O7S/c1-5-7-13-31-20-12-11-17(14-21(20)30-6-2)23(27)32-16-22(26)24-18-9-8-10-19(15-18)33(28,29)25(3)4/h8-12,14-15H,5-7,13,16H2,1-4H3,(H,24,26). The quantitative estimate of drug-likeness (QED) is 0.368. The van der Waals surface area contributed by atoms with Crippen LogP contribution in [0.2, 0.25) is 0 Å². The molecule has 0 atom stereocenters. The second kappa shape index (κ2) is 12.2. The molecule has 1 N–H and O–H groups in total. The van der Waals surface area contributed by atoms with Gasteiger partial charge < -0.3 is 19.5 Å². The molecule has 0 bridgehead atoms. The van der Waals surface area contributed by atoms with E-state index >= 15 is 0 Å². The highest BCUT2D eigenvalue weighted by Gasteiger charge is 2.18. The molecule has 0 radical (unpaired) electrons. The minimum Gasteiger partial charge on any atom is -0.490 e. The van der Waals surface area contributed by atoms with E-state index in [1.165, 1.54) is 38.4 Å². The third kappa shape index (κ3) is 7.47. The highest BCUT2D eigenvalue weighted by molar-refractivity contribution is 7.89. The van der Waals surface area contributed by atoms with Crippen molar-refractivity contribution in [3.63, 3.8) is 0 Å². The van der Waals surface area contributed by atoms with Gasteiger partial charge in [-0.25, -0.2) is 17.5 Å². The minimum atomic E-state index is -3.64. The van der Waals surface area contributed by atoms with Crippen molar-refractivity contribution < 1.29 is 32.2 Å². The predicted octanol–water partition coefficient (Wildman–Crippen LogP) is 3.31. The molecule has 10 heteroatoms. The van der Waals surface area contributed by atoms with Crippen LogP contribution in [0.3, 0.4) is 0 Å². The van der Waals surface area contributed by atoms with Crippen LogP contribution in [0.4, 0.5) is 5.69 Å². The second-order valence-corrected chi connectivity index (χ2v) is 9.39. The summed E-state index contributed by atoms with van der Waals surface area (Å²) in [6.07, 6.45) is 1.89. The maximum atomic E-state index is 12.4. The van der Waals surface area contributed by atoms with Gasteiger partial charge in [0.05, 0.1) is 23.7 Å². The summed E-state index contributed by atoms with van der Waals surface area (Å²) in [6.45, 7) is 4.28. The first kappa shape index (κ1) is 26.1. The number of rotatable bonds is 12. The van der Waals surface area contributed by atoms with Crippen LogP contribution >= 0.6 is 0 Å². The van der Waals surface area contributed by atoms with Gasteiger partial charge in [0.2, 0.25) is 10.0 Å². The van der Waals surface area contributed by atoms with Crippen LogP contribution in [0.5, 0.6) is 11.5 Å². The molecule has 0 aromatic heterocycles. The number of nitrogens with one attached hydrogen (secondary N) is 1. The van der Waals surface area contributed by atoms with Crippen molar-refractivity contribution in [1.29, 1.82) is 0 Å². The van der Waals surface area contributed by atoms with Crippen molar-refractivity contribution in [3.8, 4) is 11.5 Å². The largest absolute Gasteiger partial charge is 0.490 e. The Morgan fingerprint density at radius 1 is 1.00 bits per heavy atom. The molecule has 0 unspecified atom stereocenters. The van der Waals surface area contributed by atoms with Crippen LogP contribution in [-0.4, -0.2) is 58.5 Å². The Balaban J connectivity index is 2.00. The molecular weight excluding hydrogens is 448 g/mol. The molecule has 9 nitrogen and oxygen atoms in total. The second-order valence-electron chi connectivity index (χ2n) is 7.24. The number of ether oxygens (including phenoxy) is 3. The van der Waals surface area contributed by atoms with Crippen molar-refractivity contribution in [2.45, 2.75) is 31.6 Å². The number of esters is 1. The fraction of sp³-hybridized carbons (Fsp3) is 0.391. The third-order valence-corrected chi connectivity index (χ3v) is 6.28. The number of carbonyl (C=O) groups excluding carboxylic acids is 2. The van der Waals surface area contributed by atoms with Crippen LogP contribution in [-0.2, 0) is 19.6 Å². The molecule has 0 heterocycles. The van der Waals surface area contributed by atoms with Gasteiger partial charge in [-0.05, 0) is 49.7 Å². The van der Waals surface area contributed by atoms with Crippen LogP contribution in [0.15, 0.2) is 47.4 Å². The predicted molar refractivity (Wildman–Crippen MR) is 124 cm³/mol. The SMILES string of the molecule is CCCCOc1ccc(C(=O)OCC(=O)Nc2cccc(S(=O)(=O)N(C)C)c2)cc1OCC. The van der Waals surface area contributed by atoms with Gasteiger partial charge in [0, 0.05) is 19.8 Å². The summed E-state index contributed by atoms with van der Waals surface area (Å²) in [5, 5.41) is 2.53. The molecule has 33 heavy (non-hydrogen) atoms. The van der Waals surface area contributed by atoms with Crippen molar-refractivity contribution >= 4 is 27.6 Å². The van der Waals surface area contributed by atoms with Crippen molar-refractivity contribution in [2.75, 3.05) is 39.2 Å². The number of anilines is 1. The van der Waals surface area contributed by atoms with Gasteiger partial charge in [0.1, 0.15) is 0 Å². The van der Waals surface area contributed by atoms with E-state index in [2.05, 4.69) is 12.2 Å². The Bertz CT molecular complexity index is 1070. The fourth-order valence-corrected chi connectivity index (χ4v) is 3.65. The lowest BCUT2D eigenvalue weighted by molar-refractivity contribution is -0.119. The lowest BCUT2D eigenvalue weighted by atomic mass is 10.2. The molecule has 0 saturated heterocycles. The number of hydrogen-bond acceptors (Lipinski definition) is 7. The maximum Gasteiger partial charge on any atom is 0.338 e. The number of nitrogens with zero attached hydrogens (tertiary/aromatic N) is 1. The zero-order valence-corrected chi connectivity index (χ0v) is 20.1. The number of unbranched alkanes of at least 4 members (excludes halogenated alkanes) is 1. The molecule has 2 rings (SSSR count). The number of hydrogen-bond donors (Lipinski definition) is 1. The Morgan fingerprint density at radius 2 is 1.76 bits per heavy atom. The molecule has 0 aliphatic rings. The van der Waals surface area contributed by atoms with E-state index in [1.807, 2.05) is 6.92 Å². The lowest BCUT2D eigenvalue weighted by Crippen LogP contribution is -2.23. The first-order valence-electron chi connectivity index (χ1n) is 10.6. The van der Waals surface area contributed by atoms with Gasteiger partial charge in [-0.3, -0.25) is 4.79 Å². The summed E-state index contributed by atoms with van der Waals surface area (Å²) in [7, 11) is -0.807. The van der Waals surface area contributed by atoms with Gasteiger partial charge in [0.15, 0.2) is 18.1 Å². The van der Waals surface area contributed by atoms with E-state index in [9.17, 15) is 18.0 Å². The van der Waals surface area contributed by atoms with E-state index in [0.29, 0.717) is 24.7 Å². The van der Waals surface area contributed by atoms with Crippen LogP contribution in [0.1, 0.15) is 37.0 Å². The van der Waals surface area contributed by atoms with E-state index in [0.717, 1.165) is 17.1 Å². The summed E-state index contributed by atoms with van der Waals surface area (Å²) < 4.78 is 41.9. The first-order valence-corrected chi connectivity index (χ1v) is 12.0. The van der Waals surface area contributed by atoms with Crippen LogP contribution < -0.4 is 14.8 Å². The molecule has 0 fully saturated rings. The normalized spacial score (nSPS) is 11.2. The van der Waals surface area contributed by atoms with E-state index in [1.54, 1.807) is 18.2 Å². The molecule has 180 valence electrons. The molecule has 0 spiro atoms. The van der Waals surface area contributed by atoms with Gasteiger partial charge in [0.25, 0.3) is 5.91 Å². The lowest BCUT2D eigenvalue weighted by Gasteiger charge is -2.13. The fourth-order valence-electron chi connectivity index (χ4n) is 2.71. The topological polar surface area (TPSA) is 111 Å². The summed E-state index contributed by atoms with van der Waals surface area (Å²) >= 11 is 0. The Kier molecular flexibility index (Phi) is 9.68. The monoisotopic (exact) mass is 478 g/mol. The first-order chi connectivity index (χ1) is 15.7. The summed E-state index contributed by atoms with van der Waals surface area (Å²) in [5.74, 6) is -0.346. The van der Waals surface area contributed by atoms with Crippen LogP contribution in [0.25, 0.3) is 0 Å². The zero-order valence-electron chi connectivity index (χ0n) is 19.3. The number of amides is 1. The van der Waals surface area contributed by atoms with Gasteiger partial charge in [-0.1, -0.05) is 19.4 Å². The molecule has 0 aliphatic carbocycles. The highest BCUT2D eigenvalue weighted by atomic mass is 32.2. The van der Waals surface area contributed by atoms with Gasteiger partial charge >= 0.3 is 5.97 Å². The Hall–Kier alpha value is -3.11. The maximum absolute atomic E-state index is 12.4. The zero-order chi connectivity index (χ0) is 24.4. The summed E-state index contributed by atoms with van der Waals surface area (Å²) in [5.41, 5.74) is 0.486. The number of carbonyl (C=O) groups is 2. The molecule has 0 saturated carbocycles. The Morgan fingerprint density at radius 3 is 2.42 bits per heavy atom. The summed E-state index contributed by atoms with van der Waals surface area (Å²) in [6, 6.07) is 10.5. The number of benzene rings is 2. The van der Waals surface area contributed by atoms with Crippen molar-refractivity contribution in [2.24, 2.45) is 0 Å². The average molecular weight is 479 g/mol. The third-order valence-electron chi connectivity index (χ3n) is 4.47. The highest BCUT2D eigenvalue weighted by Crippen LogP contribution is 2.29. The van der Waals surface area contributed by atoms with Crippen LogP contribution in [0, 0.1) is 0 Å². The molecular formula is C23H30N2O7S. The molecule has 2 aromatic carbocycles. The minimum absolute atomic E-state index is 0.0343. The van der Waals surface area contributed by atoms with Crippen molar-refractivity contribution in [3.05, 3.63) is 48.0 Å². The summed E-state index contributed by atoms with van der Waals surface area (Å²) in [4.78, 5) is 24.7. The number of sulfonamides is 1. The van der Waals surface area contributed by atoms with E-state index in [4.69, 9.17) is 14.2 Å². The molecule has 2 aromatic rings. The van der Waals surface area contributed by atoms with E-state index in [-0.39, 0.29) is 16.1 Å². The van der Waals surface area contributed by atoms with Gasteiger partial charge in [-0.2, -0.15) is 0 Å². The smallest absolute Gasteiger partial charge is 0.338 e.